The summed E-state index contributed by atoms with van der Waals surface area (Å²) in [5.74, 6) is -0.694. The van der Waals surface area contributed by atoms with Gasteiger partial charge in [-0.05, 0) is 56.2 Å². The number of carbonyl (C=O) groups excluding carboxylic acids is 3. The molecule has 4 N–H and O–H groups in total. The van der Waals surface area contributed by atoms with Crippen LogP contribution in [0.2, 0.25) is 0 Å². The minimum atomic E-state index is -1.22. The number of alkyl carbamates (subject to hydrolysis) is 2. The fourth-order valence-corrected chi connectivity index (χ4v) is 4.86. The number of amides is 3. The number of carbonyl (C=O) groups is 3. The predicted octanol–water partition coefficient (Wildman–Crippen LogP) is 5.55. The molecule has 0 aliphatic heterocycles. The van der Waals surface area contributed by atoms with Crippen molar-refractivity contribution in [3.05, 3.63) is 108 Å². The Morgan fingerprint density at radius 1 is 0.711 bits per heavy atom. The highest BCUT2D eigenvalue weighted by Crippen LogP contribution is 2.17. The molecular formula is C36H47N3O6. The SMILES string of the molecule is CCC(C)[C@H](NC(=O)OCc1ccccc1)C(=O)N[C@@H](Cc1ccccc1)C(O)[C@H](Cc1ccccc1)NC(=O)OC(C)(C)C. The maximum atomic E-state index is 13.8. The molecule has 9 heteroatoms. The van der Waals surface area contributed by atoms with Crippen molar-refractivity contribution < 1.29 is 29.0 Å². The van der Waals surface area contributed by atoms with Gasteiger partial charge in [-0.25, -0.2) is 9.59 Å². The molecule has 45 heavy (non-hydrogen) atoms. The van der Waals surface area contributed by atoms with E-state index in [2.05, 4.69) is 16.0 Å². The summed E-state index contributed by atoms with van der Waals surface area (Å²) in [5.41, 5.74) is 1.86. The van der Waals surface area contributed by atoms with Crippen molar-refractivity contribution in [2.24, 2.45) is 5.92 Å². The van der Waals surface area contributed by atoms with E-state index in [9.17, 15) is 19.5 Å². The van der Waals surface area contributed by atoms with Crippen LogP contribution in [-0.2, 0) is 33.7 Å². The van der Waals surface area contributed by atoms with Crippen LogP contribution < -0.4 is 16.0 Å². The summed E-state index contributed by atoms with van der Waals surface area (Å²) in [4.78, 5) is 39.5. The van der Waals surface area contributed by atoms with Gasteiger partial charge in [-0.3, -0.25) is 4.79 Å². The van der Waals surface area contributed by atoms with Gasteiger partial charge in [-0.2, -0.15) is 0 Å². The number of aliphatic hydroxyl groups excluding tert-OH is 1. The molecule has 242 valence electrons. The van der Waals surface area contributed by atoms with Gasteiger partial charge >= 0.3 is 12.2 Å². The highest BCUT2D eigenvalue weighted by atomic mass is 16.6. The molecule has 0 aliphatic carbocycles. The average molecular weight is 618 g/mol. The molecule has 0 saturated heterocycles. The smallest absolute Gasteiger partial charge is 0.408 e. The van der Waals surface area contributed by atoms with Crippen LogP contribution in [0.1, 0.15) is 57.7 Å². The lowest BCUT2D eigenvalue weighted by molar-refractivity contribution is -0.126. The molecule has 0 radical (unpaired) electrons. The van der Waals surface area contributed by atoms with Crippen molar-refractivity contribution in [2.75, 3.05) is 0 Å². The van der Waals surface area contributed by atoms with Crippen LogP contribution in [0, 0.1) is 5.92 Å². The van der Waals surface area contributed by atoms with E-state index in [0.29, 0.717) is 12.8 Å². The predicted molar refractivity (Wildman–Crippen MR) is 174 cm³/mol. The molecule has 0 fully saturated rings. The highest BCUT2D eigenvalue weighted by Gasteiger charge is 2.35. The summed E-state index contributed by atoms with van der Waals surface area (Å²) in [6.07, 6.45) is -1.42. The van der Waals surface area contributed by atoms with Gasteiger partial charge in [0.25, 0.3) is 0 Å². The monoisotopic (exact) mass is 617 g/mol. The molecule has 3 amide bonds. The van der Waals surface area contributed by atoms with Crippen molar-refractivity contribution in [3.8, 4) is 0 Å². The topological polar surface area (TPSA) is 126 Å². The van der Waals surface area contributed by atoms with Gasteiger partial charge in [-0.15, -0.1) is 0 Å². The number of aliphatic hydroxyl groups is 1. The zero-order valence-electron chi connectivity index (χ0n) is 26.9. The molecule has 0 spiro atoms. The molecule has 3 rings (SSSR count). The van der Waals surface area contributed by atoms with Crippen molar-refractivity contribution >= 4 is 18.1 Å². The van der Waals surface area contributed by atoms with Crippen LogP contribution in [0.25, 0.3) is 0 Å². The summed E-state index contributed by atoms with van der Waals surface area (Å²) >= 11 is 0. The Morgan fingerprint density at radius 2 is 1.18 bits per heavy atom. The second kappa shape index (κ2) is 17.2. The lowest BCUT2D eigenvalue weighted by Gasteiger charge is -2.33. The van der Waals surface area contributed by atoms with E-state index in [0.717, 1.165) is 16.7 Å². The first kappa shape index (κ1) is 35.1. The number of nitrogens with one attached hydrogen (secondary N) is 3. The molecular weight excluding hydrogens is 570 g/mol. The lowest BCUT2D eigenvalue weighted by atomic mass is 9.91. The van der Waals surface area contributed by atoms with Crippen LogP contribution in [-0.4, -0.2) is 53.0 Å². The third-order valence-corrected chi connectivity index (χ3v) is 7.43. The van der Waals surface area contributed by atoms with Gasteiger partial charge < -0.3 is 30.5 Å². The fraction of sp³-hybridized carbons (Fsp3) is 0.417. The largest absolute Gasteiger partial charge is 0.445 e. The van der Waals surface area contributed by atoms with Gasteiger partial charge in [0.2, 0.25) is 5.91 Å². The van der Waals surface area contributed by atoms with Crippen LogP contribution in [0.5, 0.6) is 0 Å². The quantitative estimate of drug-likeness (QED) is 0.188. The van der Waals surface area contributed by atoms with Gasteiger partial charge in [0.05, 0.1) is 18.2 Å². The van der Waals surface area contributed by atoms with E-state index in [1.54, 1.807) is 20.8 Å². The van der Waals surface area contributed by atoms with Crippen molar-refractivity contribution in [1.82, 2.24) is 16.0 Å². The summed E-state index contributed by atoms with van der Waals surface area (Å²) in [6.45, 7) is 9.15. The molecule has 0 bridgehead atoms. The first-order valence-corrected chi connectivity index (χ1v) is 15.5. The molecule has 0 heterocycles. The molecule has 2 unspecified atom stereocenters. The second-order valence-corrected chi connectivity index (χ2v) is 12.3. The summed E-state index contributed by atoms with van der Waals surface area (Å²) < 4.78 is 10.9. The van der Waals surface area contributed by atoms with Gasteiger partial charge in [0, 0.05) is 0 Å². The lowest BCUT2D eigenvalue weighted by Crippen LogP contribution is -2.59. The Morgan fingerprint density at radius 3 is 1.64 bits per heavy atom. The minimum absolute atomic E-state index is 0.0639. The third kappa shape index (κ3) is 12.3. The standard InChI is InChI=1S/C36H47N3O6/c1-6-25(2)31(39-34(42)44-24-28-20-14-9-15-21-28)33(41)37-29(22-26-16-10-7-11-17-26)32(40)30(23-27-18-12-8-13-19-27)38-35(43)45-36(3,4)5/h7-21,25,29-32,40H,6,22-24H2,1-5H3,(H,37,41)(H,38,43)(H,39,42)/t25?,29-,30-,31-,32?/m0/s1. The van der Waals surface area contributed by atoms with Crippen LogP contribution in [0.3, 0.4) is 0 Å². The normalized spacial score (nSPS) is 14.6. The number of hydrogen-bond acceptors (Lipinski definition) is 6. The number of ether oxygens (including phenoxy) is 2. The number of benzene rings is 3. The van der Waals surface area contributed by atoms with E-state index in [1.807, 2.05) is 105 Å². The van der Waals surface area contributed by atoms with Gasteiger partial charge in [-0.1, -0.05) is 111 Å². The number of rotatable bonds is 14. The van der Waals surface area contributed by atoms with Crippen molar-refractivity contribution in [1.29, 1.82) is 0 Å². The molecule has 3 aromatic carbocycles. The maximum absolute atomic E-state index is 13.8. The third-order valence-electron chi connectivity index (χ3n) is 7.43. The van der Waals surface area contributed by atoms with E-state index in [1.165, 1.54) is 0 Å². The Kier molecular flexibility index (Phi) is 13.4. The van der Waals surface area contributed by atoms with Crippen LogP contribution >= 0.6 is 0 Å². The first-order valence-electron chi connectivity index (χ1n) is 15.5. The van der Waals surface area contributed by atoms with E-state index >= 15 is 0 Å². The van der Waals surface area contributed by atoms with E-state index in [-0.39, 0.29) is 18.9 Å². The number of hydrogen-bond donors (Lipinski definition) is 4. The first-order chi connectivity index (χ1) is 21.4. The van der Waals surface area contributed by atoms with Gasteiger partial charge in [0.15, 0.2) is 0 Å². The zero-order valence-corrected chi connectivity index (χ0v) is 26.9. The Hall–Kier alpha value is -4.37. The molecule has 0 aromatic heterocycles. The Bertz CT molecular complexity index is 1330. The van der Waals surface area contributed by atoms with Crippen molar-refractivity contribution in [2.45, 2.75) is 90.3 Å². The highest BCUT2D eigenvalue weighted by molar-refractivity contribution is 5.86. The summed E-state index contributed by atoms with van der Waals surface area (Å²) in [6, 6.07) is 25.7. The van der Waals surface area contributed by atoms with E-state index < -0.39 is 47.9 Å². The minimum Gasteiger partial charge on any atom is -0.445 e. The molecule has 0 aliphatic rings. The molecule has 3 aromatic rings. The molecule has 0 saturated carbocycles. The average Bonchev–Trinajstić information content (AvgIpc) is 3.01. The molecule has 9 nitrogen and oxygen atoms in total. The van der Waals surface area contributed by atoms with E-state index in [4.69, 9.17) is 9.47 Å². The van der Waals surface area contributed by atoms with Crippen LogP contribution in [0.4, 0.5) is 9.59 Å². The zero-order chi connectivity index (χ0) is 32.8. The fourth-order valence-electron chi connectivity index (χ4n) is 4.86. The maximum Gasteiger partial charge on any atom is 0.408 e. The Balaban J connectivity index is 1.84. The van der Waals surface area contributed by atoms with Gasteiger partial charge in [0.1, 0.15) is 18.2 Å². The second-order valence-electron chi connectivity index (χ2n) is 12.3. The molecule has 5 atom stereocenters. The summed E-state index contributed by atoms with van der Waals surface area (Å²) in [7, 11) is 0. The summed E-state index contributed by atoms with van der Waals surface area (Å²) in [5, 5.41) is 20.4. The Labute approximate surface area is 266 Å². The van der Waals surface area contributed by atoms with Crippen LogP contribution in [0.15, 0.2) is 91.0 Å². The van der Waals surface area contributed by atoms with Crippen molar-refractivity contribution in [3.63, 3.8) is 0 Å².